The van der Waals surface area contributed by atoms with E-state index in [-0.39, 0.29) is 12.1 Å². The maximum Gasteiger partial charge on any atom is 0.168 e. The number of rotatable bonds is 2. The number of hydrogen-bond acceptors (Lipinski definition) is 3. The number of aromatic hydroxyl groups is 1. The van der Waals surface area contributed by atoms with Crippen molar-refractivity contribution in [3.05, 3.63) is 29.1 Å². The Morgan fingerprint density at radius 1 is 1.18 bits per heavy atom. The van der Waals surface area contributed by atoms with Crippen molar-refractivity contribution in [3.8, 4) is 5.75 Å². The third kappa shape index (κ3) is 2.53. The molecule has 1 aromatic rings. The Morgan fingerprint density at radius 3 is 2.47 bits per heavy atom. The Hall–Kier alpha value is -1.27. The largest absolute Gasteiger partial charge is 0.505 e. The van der Waals surface area contributed by atoms with E-state index in [4.69, 9.17) is 0 Å². The summed E-state index contributed by atoms with van der Waals surface area (Å²) < 4.78 is 39.6. The molecule has 1 fully saturated rings. The predicted octanol–water partition coefficient (Wildman–Crippen LogP) is 1.21. The Labute approximate surface area is 96.9 Å². The molecule has 0 radical (unpaired) electrons. The average Bonchev–Trinajstić information content (AvgIpc) is 2.33. The van der Waals surface area contributed by atoms with Gasteiger partial charge in [-0.3, -0.25) is 4.90 Å². The molecule has 6 heteroatoms. The van der Waals surface area contributed by atoms with Gasteiger partial charge in [0.25, 0.3) is 0 Å². The third-order valence-corrected chi connectivity index (χ3v) is 2.83. The monoisotopic (exact) mass is 246 g/mol. The van der Waals surface area contributed by atoms with Crippen LogP contribution in [-0.4, -0.2) is 36.2 Å². The molecule has 94 valence electrons. The van der Waals surface area contributed by atoms with E-state index in [9.17, 15) is 18.3 Å². The minimum atomic E-state index is -1.27. The first-order valence-electron chi connectivity index (χ1n) is 5.38. The molecule has 1 saturated heterocycles. The predicted molar refractivity (Wildman–Crippen MR) is 56.1 cm³/mol. The van der Waals surface area contributed by atoms with Crippen molar-refractivity contribution in [1.82, 2.24) is 10.2 Å². The van der Waals surface area contributed by atoms with Crippen LogP contribution in [0.5, 0.6) is 5.75 Å². The van der Waals surface area contributed by atoms with Crippen LogP contribution in [0.3, 0.4) is 0 Å². The molecule has 1 aliphatic heterocycles. The molecule has 0 aromatic heterocycles. The van der Waals surface area contributed by atoms with Crippen LogP contribution in [0, 0.1) is 17.5 Å². The SMILES string of the molecule is Oc1c(F)cc(F)c(F)c1CN1CCNCC1. The van der Waals surface area contributed by atoms with Gasteiger partial charge in [-0.1, -0.05) is 0 Å². The first-order chi connectivity index (χ1) is 8.09. The minimum Gasteiger partial charge on any atom is -0.505 e. The number of phenolic OH excluding ortho intramolecular Hbond substituents is 1. The number of piperazine rings is 1. The molecule has 1 aliphatic rings. The van der Waals surface area contributed by atoms with Gasteiger partial charge in [-0.2, -0.15) is 0 Å². The second kappa shape index (κ2) is 4.93. The third-order valence-electron chi connectivity index (χ3n) is 2.83. The van der Waals surface area contributed by atoms with E-state index >= 15 is 0 Å². The Morgan fingerprint density at radius 2 is 1.82 bits per heavy atom. The van der Waals surface area contributed by atoms with Gasteiger partial charge in [0.15, 0.2) is 23.2 Å². The molecule has 0 atom stereocenters. The van der Waals surface area contributed by atoms with Crippen LogP contribution >= 0.6 is 0 Å². The van der Waals surface area contributed by atoms with Crippen molar-refractivity contribution >= 4 is 0 Å². The maximum atomic E-state index is 13.5. The lowest BCUT2D eigenvalue weighted by Crippen LogP contribution is -2.43. The zero-order valence-electron chi connectivity index (χ0n) is 9.14. The molecule has 2 N–H and O–H groups in total. The van der Waals surface area contributed by atoms with Gasteiger partial charge >= 0.3 is 0 Å². The molecule has 0 amide bonds. The fraction of sp³-hybridized carbons (Fsp3) is 0.455. The molecule has 2 rings (SSSR count). The molecule has 3 nitrogen and oxygen atoms in total. The summed E-state index contributed by atoms with van der Waals surface area (Å²) in [5, 5.41) is 12.5. The molecule has 0 saturated carbocycles. The fourth-order valence-electron chi connectivity index (χ4n) is 1.87. The van der Waals surface area contributed by atoms with Crippen molar-refractivity contribution < 1.29 is 18.3 Å². The summed E-state index contributed by atoms with van der Waals surface area (Å²) in [6.45, 7) is 2.78. The van der Waals surface area contributed by atoms with Gasteiger partial charge in [-0.25, -0.2) is 13.2 Å². The van der Waals surface area contributed by atoms with Gasteiger partial charge in [-0.15, -0.1) is 0 Å². The number of phenols is 1. The lowest BCUT2D eigenvalue weighted by molar-refractivity contribution is 0.225. The van der Waals surface area contributed by atoms with E-state index < -0.39 is 23.2 Å². The number of hydrogen-bond donors (Lipinski definition) is 2. The topological polar surface area (TPSA) is 35.5 Å². The van der Waals surface area contributed by atoms with Crippen molar-refractivity contribution in [2.45, 2.75) is 6.54 Å². The summed E-state index contributed by atoms with van der Waals surface area (Å²) in [5.41, 5.74) is -0.315. The second-order valence-corrected chi connectivity index (χ2v) is 4.01. The smallest absolute Gasteiger partial charge is 0.168 e. The van der Waals surface area contributed by atoms with E-state index in [2.05, 4.69) is 5.32 Å². The normalized spacial score (nSPS) is 17.4. The van der Waals surface area contributed by atoms with Crippen molar-refractivity contribution in [3.63, 3.8) is 0 Å². The van der Waals surface area contributed by atoms with Gasteiger partial charge in [0.1, 0.15) is 0 Å². The minimum absolute atomic E-state index is 0.00796. The molecule has 0 aliphatic carbocycles. The van der Waals surface area contributed by atoms with Crippen molar-refractivity contribution in [2.24, 2.45) is 0 Å². The van der Waals surface area contributed by atoms with Crippen LogP contribution in [0.1, 0.15) is 5.56 Å². The zero-order chi connectivity index (χ0) is 12.4. The average molecular weight is 246 g/mol. The summed E-state index contributed by atoms with van der Waals surface area (Å²) in [6, 6.07) is 0.353. The van der Waals surface area contributed by atoms with Crippen molar-refractivity contribution in [2.75, 3.05) is 26.2 Å². The maximum absolute atomic E-state index is 13.5. The summed E-state index contributed by atoms with van der Waals surface area (Å²) in [6.07, 6.45) is 0. The Bertz CT molecular complexity index is 393. The number of benzene rings is 1. The van der Waals surface area contributed by atoms with Crippen LogP contribution in [-0.2, 0) is 6.54 Å². The van der Waals surface area contributed by atoms with Gasteiger partial charge in [-0.05, 0) is 0 Å². The summed E-state index contributed by atoms with van der Waals surface area (Å²) in [4.78, 5) is 1.83. The summed E-state index contributed by atoms with van der Waals surface area (Å²) in [7, 11) is 0. The molecule has 0 bridgehead atoms. The number of nitrogens with zero attached hydrogens (tertiary/aromatic N) is 1. The highest BCUT2D eigenvalue weighted by Crippen LogP contribution is 2.27. The van der Waals surface area contributed by atoms with Crippen LogP contribution < -0.4 is 5.32 Å². The Kier molecular flexibility index (Phi) is 3.54. The van der Waals surface area contributed by atoms with Gasteiger partial charge in [0.05, 0.1) is 0 Å². The van der Waals surface area contributed by atoms with Crippen molar-refractivity contribution in [1.29, 1.82) is 0 Å². The first kappa shape index (κ1) is 12.2. The van der Waals surface area contributed by atoms with E-state index in [1.165, 1.54) is 0 Å². The fourth-order valence-corrected chi connectivity index (χ4v) is 1.87. The molecular weight excluding hydrogens is 233 g/mol. The molecule has 1 heterocycles. The summed E-state index contributed by atoms with van der Waals surface area (Å²) in [5.74, 6) is -4.38. The van der Waals surface area contributed by atoms with E-state index in [1.54, 1.807) is 0 Å². The molecule has 1 aromatic carbocycles. The second-order valence-electron chi connectivity index (χ2n) is 4.01. The van der Waals surface area contributed by atoms with Crippen LogP contribution in [0.2, 0.25) is 0 Å². The standard InChI is InChI=1S/C11H13F3N2O/c12-8-5-9(13)11(17)7(10(8)14)6-16-3-1-15-2-4-16/h5,15,17H,1-4,6H2. The highest BCUT2D eigenvalue weighted by atomic mass is 19.2. The van der Waals surface area contributed by atoms with Crippen LogP contribution in [0.15, 0.2) is 6.07 Å². The summed E-state index contributed by atoms with van der Waals surface area (Å²) >= 11 is 0. The van der Waals surface area contributed by atoms with Gasteiger partial charge in [0.2, 0.25) is 0 Å². The lowest BCUT2D eigenvalue weighted by Gasteiger charge is -2.27. The molecule has 0 unspecified atom stereocenters. The highest BCUT2D eigenvalue weighted by Gasteiger charge is 2.21. The Balaban J connectivity index is 2.24. The van der Waals surface area contributed by atoms with Crippen LogP contribution in [0.25, 0.3) is 0 Å². The zero-order valence-corrected chi connectivity index (χ0v) is 9.14. The molecule has 0 spiro atoms. The number of nitrogens with one attached hydrogen (secondary N) is 1. The van der Waals surface area contributed by atoms with E-state index in [1.807, 2.05) is 4.90 Å². The number of halogens is 3. The van der Waals surface area contributed by atoms with E-state index in [0.717, 1.165) is 13.1 Å². The lowest BCUT2D eigenvalue weighted by atomic mass is 10.1. The highest BCUT2D eigenvalue weighted by molar-refractivity contribution is 5.35. The van der Waals surface area contributed by atoms with Gasteiger partial charge in [0, 0.05) is 44.4 Å². The van der Waals surface area contributed by atoms with Gasteiger partial charge < -0.3 is 10.4 Å². The quantitative estimate of drug-likeness (QED) is 0.770. The molecular formula is C11H13F3N2O. The van der Waals surface area contributed by atoms with E-state index in [0.29, 0.717) is 19.2 Å². The first-order valence-corrected chi connectivity index (χ1v) is 5.38. The molecule has 17 heavy (non-hydrogen) atoms. The van der Waals surface area contributed by atoms with Crippen LogP contribution in [0.4, 0.5) is 13.2 Å².